The number of anilines is 1. The normalized spacial score (nSPS) is 16.2. The Bertz CT molecular complexity index is 1260. The summed E-state index contributed by atoms with van der Waals surface area (Å²) in [6.45, 7) is 0. The molecule has 2 aromatic heterocycles. The predicted molar refractivity (Wildman–Crippen MR) is 114 cm³/mol. The van der Waals surface area contributed by atoms with E-state index < -0.39 is 12.2 Å². The molecule has 31 heavy (non-hydrogen) atoms. The fraction of sp³-hybridized carbons (Fsp3) is 0.0476. The third kappa shape index (κ3) is 3.61. The Morgan fingerprint density at radius 2 is 1.84 bits per heavy atom. The molecule has 1 atom stereocenters. The molecule has 1 aliphatic rings. The van der Waals surface area contributed by atoms with Crippen LogP contribution in [0.4, 0.5) is 15.0 Å². The number of carbonyl (C=O) groups excluding carboxylic acids is 1. The average Bonchev–Trinajstić information content (AvgIpc) is 3.47. The SMILES string of the molecule is O=C1NC(n2cncn2)C(Br)=CN1c1nc(-c2ccc(F)cc2)oc1-c1ccccc1. The Balaban J connectivity index is 1.61. The van der Waals surface area contributed by atoms with Crippen LogP contribution in [0.25, 0.3) is 22.8 Å². The Kier molecular flexibility index (Phi) is 4.83. The lowest BCUT2D eigenvalue weighted by Gasteiger charge is -2.28. The lowest BCUT2D eigenvalue weighted by atomic mass is 10.1. The zero-order valence-corrected chi connectivity index (χ0v) is 17.4. The molecular formula is C21H14BrFN6O2. The molecule has 2 amide bonds. The van der Waals surface area contributed by atoms with E-state index in [-0.39, 0.29) is 11.7 Å². The second-order valence-corrected chi connectivity index (χ2v) is 7.57. The highest BCUT2D eigenvalue weighted by Gasteiger charge is 2.32. The van der Waals surface area contributed by atoms with Gasteiger partial charge in [0.25, 0.3) is 0 Å². The zero-order valence-electron chi connectivity index (χ0n) is 15.8. The number of carbonyl (C=O) groups is 1. The van der Waals surface area contributed by atoms with Gasteiger partial charge in [0.2, 0.25) is 5.89 Å². The first-order valence-electron chi connectivity index (χ1n) is 9.23. The van der Waals surface area contributed by atoms with E-state index in [1.54, 1.807) is 18.3 Å². The van der Waals surface area contributed by atoms with E-state index in [2.05, 4.69) is 36.3 Å². The first-order valence-corrected chi connectivity index (χ1v) is 10.0. The van der Waals surface area contributed by atoms with E-state index >= 15 is 0 Å². The quantitative estimate of drug-likeness (QED) is 0.457. The molecule has 5 rings (SSSR count). The van der Waals surface area contributed by atoms with Gasteiger partial charge in [0.05, 0.1) is 4.48 Å². The molecule has 10 heteroatoms. The summed E-state index contributed by atoms with van der Waals surface area (Å²) in [5, 5.41) is 6.93. The summed E-state index contributed by atoms with van der Waals surface area (Å²) in [6, 6.07) is 14.7. The summed E-state index contributed by atoms with van der Waals surface area (Å²) >= 11 is 3.50. The summed E-state index contributed by atoms with van der Waals surface area (Å²) in [7, 11) is 0. The van der Waals surface area contributed by atoms with Crippen LogP contribution in [0.5, 0.6) is 0 Å². The molecule has 0 bridgehead atoms. The highest BCUT2D eigenvalue weighted by atomic mass is 79.9. The van der Waals surface area contributed by atoms with Crippen molar-refractivity contribution in [3.05, 3.63) is 83.8 Å². The van der Waals surface area contributed by atoms with E-state index in [0.717, 1.165) is 5.56 Å². The van der Waals surface area contributed by atoms with Gasteiger partial charge in [-0.3, -0.25) is 0 Å². The number of amides is 2. The number of urea groups is 1. The highest BCUT2D eigenvalue weighted by Crippen LogP contribution is 2.37. The molecule has 1 aliphatic heterocycles. The summed E-state index contributed by atoms with van der Waals surface area (Å²) in [5.74, 6) is 0.618. The molecular weight excluding hydrogens is 467 g/mol. The van der Waals surface area contributed by atoms with Gasteiger partial charge in [-0.15, -0.1) is 0 Å². The Morgan fingerprint density at radius 1 is 1.06 bits per heavy atom. The fourth-order valence-electron chi connectivity index (χ4n) is 3.18. The second-order valence-electron chi connectivity index (χ2n) is 6.66. The van der Waals surface area contributed by atoms with Crippen LogP contribution in [0.15, 0.2) is 82.4 Å². The van der Waals surface area contributed by atoms with Crippen molar-refractivity contribution in [3.63, 3.8) is 0 Å². The van der Waals surface area contributed by atoms with Crippen LogP contribution in [-0.4, -0.2) is 25.8 Å². The van der Waals surface area contributed by atoms with Crippen molar-refractivity contribution in [1.82, 2.24) is 25.1 Å². The molecule has 0 radical (unpaired) electrons. The number of aromatic nitrogens is 4. The first-order chi connectivity index (χ1) is 15.1. The number of halogens is 2. The van der Waals surface area contributed by atoms with E-state index in [1.165, 1.54) is 34.4 Å². The molecule has 1 N–H and O–H groups in total. The smallest absolute Gasteiger partial charge is 0.329 e. The lowest BCUT2D eigenvalue weighted by molar-refractivity contribution is 0.239. The zero-order chi connectivity index (χ0) is 21.4. The third-order valence-electron chi connectivity index (χ3n) is 4.66. The highest BCUT2D eigenvalue weighted by molar-refractivity contribution is 9.11. The number of nitrogens with zero attached hydrogens (tertiary/aromatic N) is 5. The summed E-state index contributed by atoms with van der Waals surface area (Å²) in [6.07, 6.45) is 3.98. The first kappa shape index (κ1) is 19.2. The molecule has 4 aromatic rings. The number of rotatable bonds is 4. The van der Waals surface area contributed by atoms with Crippen LogP contribution in [0.3, 0.4) is 0 Å². The topological polar surface area (TPSA) is 89.1 Å². The number of nitrogens with one attached hydrogen (secondary N) is 1. The Labute approximate surface area is 184 Å². The van der Waals surface area contributed by atoms with Crippen LogP contribution in [-0.2, 0) is 0 Å². The van der Waals surface area contributed by atoms with Crippen molar-refractivity contribution < 1.29 is 13.6 Å². The second kappa shape index (κ2) is 7.80. The summed E-state index contributed by atoms with van der Waals surface area (Å²) in [4.78, 5) is 22.8. The van der Waals surface area contributed by atoms with Crippen molar-refractivity contribution >= 4 is 27.8 Å². The van der Waals surface area contributed by atoms with E-state index in [1.807, 2.05) is 30.3 Å². The third-order valence-corrected chi connectivity index (χ3v) is 5.30. The number of benzene rings is 2. The van der Waals surface area contributed by atoms with E-state index in [0.29, 0.717) is 21.6 Å². The minimum atomic E-state index is -0.533. The van der Waals surface area contributed by atoms with Crippen molar-refractivity contribution in [2.24, 2.45) is 0 Å². The van der Waals surface area contributed by atoms with E-state index in [4.69, 9.17) is 4.42 Å². The van der Waals surface area contributed by atoms with Crippen molar-refractivity contribution in [3.8, 4) is 22.8 Å². The molecule has 0 saturated heterocycles. The number of hydrogen-bond acceptors (Lipinski definition) is 5. The Morgan fingerprint density at radius 3 is 2.55 bits per heavy atom. The van der Waals surface area contributed by atoms with Crippen LogP contribution < -0.4 is 10.2 Å². The lowest BCUT2D eigenvalue weighted by Crippen LogP contribution is -2.45. The van der Waals surface area contributed by atoms with Gasteiger partial charge in [-0.1, -0.05) is 30.3 Å². The fourth-order valence-corrected chi connectivity index (χ4v) is 3.71. The number of hydrogen-bond donors (Lipinski definition) is 1. The monoisotopic (exact) mass is 480 g/mol. The van der Waals surface area contributed by atoms with Crippen LogP contribution in [0.1, 0.15) is 6.17 Å². The molecule has 0 saturated carbocycles. The van der Waals surface area contributed by atoms with Gasteiger partial charge in [0.15, 0.2) is 17.7 Å². The molecule has 0 spiro atoms. The molecule has 1 unspecified atom stereocenters. The summed E-state index contributed by atoms with van der Waals surface area (Å²) < 4.78 is 21.5. The molecule has 8 nitrogen and oxygen atoms in total. The van der Waals surface area contributed by atoms with Crippen LogP contribution >= 0.6 is 15.9 Å². The molecule has 154 valence electrons. The maximum Gasteiger partial charge on any atom is 0.329 e. The van der Waals surface area contributed by atoms with E-state index in [9.17, 15) is 9.18 Å². The molecule has 0 fully saturated rings. The largest absolute Gasteiger partial charge is 0.434 e. The standard InChI is InChI=1S/C21H14BrFN6O2/c22-16-10-28(21(30)27-18(16)29-12-24-11-25-29)19-17(13-4-2-1-3-5-13)31-20(26-19)14-6-8-15(23)9-7-14/h1-12,18H,(H,27,30). The Hall–Kier alpha value is -3.79. The van der Waals surface area contributed by atoms with Gasteiger partial charge >= 0.3 is 6.03 Å². The number of oxazole rings is 1. The van der Waals surface area contributed by atoms with Crippen molar-refractivity contribution in [1.29, 1.82) is 0 Å². The van der Waals surface area contributed by atoms with Gasteiger partial charge in [0.1, 0.15) is 18.5 Å². The molecule has 0 aliphatic carbocycles. The predicted octanol–water partition coefficient (Wildman–Crippen LogP) is 4.70. The van der Waals surface area contributed by atoms with Gasteiger partial charge in [-0.05, 0) is 40.2 Å². The van der Waals surface area contributed by atoms with Crippen LogP contribution in [0, 0.1) is 5.82 Å². The minimum absolute atomic E-state index is 0.268. The van der Waals surface area contributed by atoms with Gasteiger partial charge in [-0.2, -0.15) is 10.1 Å². The summed E-state index contributed by atoms with van der Waals surface area (Å²) in [5.41, 5.74) is 1.33. The van der Waals surface area contributed by atoms with Crippen LogP contribution in [0.2, 0.25) is 0 Å². The van der Waals surface area contributed by atoms with Gasteiger partial charge < -0.3 is 9.73 Å². The van der Waals surface area contributed by atoms with Gasteiger partial charge in [-0.25, -0.2) is 23.8 Å². The van der Waals surface area contributed by atoms with Crippen molar-refractivity contribution in [2.75, 3.05) is 4.90 Å². The molecule has 3 heterocycles. The minimum Gasteiger partial charge on any atom is -0.434 e. The maximum absolute atomic E-state index is 13.4. The van der Waals surface area contributed by atoms with Gasteiger partial charge in [0, 0.05) is 17.3 Å². The average molecular weight is 481 g/mol. The maximum atomic E-state index is 13.4. The molecule has 2 aromatic carbocycles. The van der Waals surface area contributed by atoms with Crippen molar-refractivity contribution in [2.45, 2.75) is 6.17 Å².